The highest BCUT2D eigenvalue weighted by molar-refractivity contribution is 6.31. The molecule has 0 unspecified atom stereocenters. The lowest BCUT2D eigenvalue weighted by atomic mass is 10.1. The van der Waals surface area contributed by atoms with Crippen molar-refractivity contribution in [1.29, 1.82) is 0 Å². The van der Waals surface area contributed by atoms with Gasteiger partial charge in [0, 0.05) is 10.4 Å². The second-order valence-corrected chi connectivity index (χ2v) is 5.08. The second-order valence-electron chi connectivity index (χ2n) is 4.65. The van der Waals surface area contributed by atoms with Gasteiger partial charge in [-0.05, 0) is 36.8 Å². The molecular formula is C15H10ClF2N3. The minimum absolute atomic E-state index is 0.0824. The Bertz CT molecular complexity index is 865. The van der Waals surface area contributed by atoms with Crippen LogP contribution in [0.3, 0.4) is 0 Å². The molecule has 21 heavy (non-hydrogen) atoms. The van der Waals surface area contributed by atoms with Crippen molar-refractivity contribution in [3.63, 3.8) is 0 Å². The van der Waals surface area contributed by atoms with Gasteiger partial charge in [-0.3, -0.25) is 0 Å². The van der Waals surface area contributed by atoms with Gasteiger partial charge in [-0.25, -0.2) is 18.7 Å². The third-order valence-electron chi connectivity index (χ3n) is 3.20. The topological polar surface area (TPSA) is 51.8 Å². The predicted molar refractivity (Wildman–Crippen MR) is 79.0 cm³/mol. The van der Waals surface area contributed by atoms with Crippen molar-refractivity contribution in [2.75, 3.05) is 5.73 Å². The van der Waals surface area contributed by atoms with Crippen LogP contribution in [0.15, 0.2) is 30.3 Å². The molecule has 0 aliphatic heterocycles. The number of hydrogen-bond donors (Lipinski definition) is 1. The van der Waals surface area contributed by atoms with Gasteiger partial charge >= 0.3 is 0 Å². The molecule has 106 valence electrons. The molecule has 0 bridgehead atoms. The lowest BCUT2D eigenvalue weighted by Crippen LogP contribution is -2.02. The van der Waals surface area contributed by atoms with Crippen LogP contribution in [-0.2, 0) is 0 Å². The standard InChI is InChI=1S/C15H10ClF2N3/c1-7-2-4-10(17)12(13(7)18)15-20-11-5-3-8(16)6-9(11)14(19)21-15/h2-6H,1H3,(H2,19,20,21). The number of fused-ring (bicyclic) bond motifs is 1. The van der Waals surface area contributed by atoms with Gasteiger partial charge in [0.2, 0.25) is 0 Å². The molecule has 2 aromatic carbocycles. The molecule has 0 aliphatic rings. The van der Waals surface area contributed by atoms with E-state index in [0.29, 0.717) is 21.5 Å². The van der Waals surface area contributed by atoms with Gasteiger partial charge in [0.15, 0.2) is 5.82 Å². The Morgan fingerprint density at radius 3 is 2.62 bits per heavy atom. The van der Waals surface area contributed by atoms with Gasteiger partial charge in [0.05, 0.1) is 11.1 Å². The summed E-state index contributed by atoms with van der Waals surface area (Å²) in [5.74, 6) is -1.38. The zero-order valence-electron chi connectivity index (χ0n) is 11.0. The number of rotatable bonds is 1. The van der Waals surface area contributed by atoms with Crippen LogP contribution >= 0.6 is 11.6 Å². The van der Waals surface area contributed by atoms with Crippen molar-refractivity contribution >= 4 is 28.3 Å². The number of aryl methyl sites for hydroxylation is 1. The number of halogens is 3. The summed E-state index contributed by atoms with van der Waals surface area (Å²) in [6.07, 6.45) is 0. The quantitative estimate of drug-likeness (QED) is 0.736. The molecule has 3 nitrogen and oxygen atoms in total. The maximum atomic E-state index is 14.2. The smallest absolute Gasteiger partial charge is 0.168 e. The van der Waals surface area contributed by atoms with Gasteiger partial charge in [-0.15, -0.1) is 0 Å². The number of anilines is 1. The Morgan fingerprint density at radius 1 is 1.10 bits per heavy atom. The maximum absolute atomic E-state index is 14.2. The number of hydrogen-bond acceptors (Lipinski definition) is 3. The highest BCUT2D eigenvalue weighted by Gasteiger charge is 2.18. The van der Waals surface area contributed by atoms with E-state index in [-0.39, 0.29) is 17.2 Å². The van der Waals surface area contributed by atoms with E-state index >= 15 is 0 Å². The normalized spacial score (nSPS) is 11.0. The van der Waals surface area contributed by atoms with Crippen LogP contribution < -0.4 is 5.73 Å². The highest BCUT2D eigenvalue weighted by Crippen LogP contribution is 2.29. The number of nitrogens with two attached hydrogens (primary N) is 1. The Kier molecular flexibility index (Phi) is 3.22. The molecule has 0 atom stereocenters. The maximum Gasteiger partial charge on any atom is 0.168 e. The van der Waals surface area contributed by atoms with Gasteiger partial charge < -0.3 is 5.73 Å². The summed E-state index contributed by atoms with van der Waals surface area (Å²) in [5.41, 5.74) is 6.35. The first-order chi connectivity index (χ1) is 9.97. The van der Waals surface area contributed by atoms with Crippen LogP contribution in [0.25, 0.3) is 22.3 Å². The first-order valence-corrected chi connectivity index (χ1v) is 6.53. The Labute approximate surface area is 124 Å². The molecule has 0 saturated heterocycles. The summed E-state index contributed by atoms with van der Waals surface area (Å²) >= 11 is 5.89. The molecule has 0 radical (unpaired) electrons. The molecule has 0 fully saturated rings. The van der Waals surface area contributed by atoms with Gasteiger partial charge in [0.1, 0.15) is 17.5 Å². The molecular weight excluding hydrogens is 296 g/mol. The number of aromatic nitrogens is 2. The first kappa shape index (κ1) is 13.7. The Hall–Kier alpha value is -2.27. The monoisotopic (exact) mass is 305 g/mol. The Morgan fingerprint density at radius 2 is 1.86 bits per heavy atom. The SMILES string of the molecule is Cc1ccc(F)c(-c2nc(N)c3cc(Cl)ccc3n2)c1F. The lowest BCUT2D eigenvalue weighted by Gasteiger charge is -2.09. The van der Waals surface area contributed by atoms with Gasteiger partial charge in [-0.1, -0.05) is 17.7 Å². The number of nitrogen functional groups attached to an aromatic ring is 1. The Balaban J connectivity index is 2.32. The predicted octanol–water partition coefficient (Wildman–Crippen LogP) is 4.12. The fraction of sp³-hybridized carbons (Fsp3) is 0.0667. The summed E-state index contributed by atoms with van der Waals surface area (Å²) in [6, 6.07) is 7.41. The van der Waals surface area contributed by atoms with Crippen molar-refractivity contribution < 1.29 is 8.78 Å². The molecule has 1 aromatic heterocycles. The van der Waals surface area contributed by atoms with E-state index in [9.17, 15) is 8.78 Å². The van der Waals surface area contributed by atoms with Gasteiger partial charge in [0.25, 0.3) is 0 Å². The zero-order valence-corrected chi connectivity index (χ0v) is 11.7. The fourth-order valence-corrected chi connectivity index (χ4v) is 2.27. The molecule has 1 heterocycles. The highest BCUT2D eigenvalue weighted by atomic mass is 35.5. The van der Waals surface area contributed by atoms with E-state index in [1.807, 2.05) is 0 Å². The fourth-order valence-electron chi connectivity index (χ4n) is 2.10. The molecule has 3 rings (SSSR count). The third kappa shape index (κ3) is 2.29. The molecule has 0 saturated carbocycles. The van der Waals surface area contributed by atoms with Crippen molar-refractivity contribution in [2.45, 2.75) is 6.92 Å². The van der Waals surface area contributed by atoms with E-state index < -0.39 is 11.6 Å². The van der Waals surface area contributed by atoms with E-state index in [0.717, 1.165) is 0 Å². The van der Waals surface area contributed by atoms with E-state index in [1.54, 1.807) is 25.1 Å². The summed E-state index contributed by atoms with van der Waals surface area (Å²) < 4.78 is 28.1. The molecule has 0 spiro atoms. The molecule has 3 aromatic rings. The summed E-state index contributed by atoms with van der Waals surface area (Å²) in [6.45, 7) is 1.54. The van der Waals surface area contributed by atoms with Crippen LogP contribution in [0.4, 0.5) is 14.6 Å². The average Bonchev–Trinajstić information content (AvgIpc) is 2.44. The first-order valence-electron chi connectivity index (χ1n) is 6.15. The van der Waals surface area contributed by atoms with Crippen molar-refractivity contribution in [3.8, 4) is 11.4 Å². The van der Waals surface area contributed by atoms with Crippen LogP contribution in [0.2, 0.25) is 5.02 Å². The summed E-state index contributed by atoms with van der Waals surface area (Å²) in [5, 5.41) is 1.03. The van der Waals surface area contributed by atoms with Crippen molar-refractivity contribution in [1.82, 2.24) is 9.97 Å². The van der Waals surface area contributed by atoms with E-state index in [1.165, 1.54) is 12.1 Å². The molecule has 2 N–H and O–H groups in total. The van der Waals surface area contributed by atoms with Crippen LogP contribution in [0.5, 0.6) is 0 Å². The largest absolute Gasteiger partial charge is 0.383 e. The van der Waals surface area contributed by atoms with E-state index in [2.05, 4.69) is 9.97 Å². The third-order valence-corrected chi connectivity index (χ3v) is 3.43. The van der Waals surface area contributed by atoms with Gasteiger partial charge in [-0.2, -0.15) is 0 Å². The molecule has 0 amide bonds. The average molecular weight is 306 g/mol. The second kappa shape index (κ2) is 4.93. The minimum Gasteiger partial charge on any atom is -0.383 e. The summed E-state index contributed by atoms with van der Waals surface area (Å²) in [4.78, 5) is 8.18. The van der Waals surface area contributed by atoms with Crippen molar-refractivity contribution in [2.24, 2.45) is 0 Å². The number of benzene rings is 2. The van der Waals surface area contributed by atoms with Crippen LogP contribution in [0.1, 0.15) is 5.56 Å². The molecule has 6 heteroatoms. The van der Waals surface area contributed by atoms with Crippen LogP contribution in [0, 0.1) is 18.6 Å². The zero-order chi connectivity index (χ0) is 15.1. The van der Waals surface area contributed by atoms with E-state index in [4.69, 9.17) is 17.3 Å². The molecule has 0 aliphatic carbocycles. The lowest BCUT2D eigenvalue weighted by molar-refractivity contribution is 0.582. The van der Waals surface area contributed by atoms with Crippen LogP contribution in [-0.4, -0.2) is 9.97 Å². The number of nitrogens with zero attached hydrogens (tertiary/aromatic N) is 2. The van der Waals surface area contributed by atoms with Crippen molar-refractivity contribution in [3.05, 3.63) is 52.6 Å². The minimum atomic E-state index is -0.731. The summed E-state index contributed by atoms with van der Waals surface area (Å²) in [7, 11) is 0.